The van der Waals surface area contributed by atoms with E-state index >= 15 is 0 Å². The molecule has 3 rings (SSSR count). The van der Waals surface area contributed by atoms with Gasteiger partial charge in [0.25, 0.3) is 11.6 Å². The van der Waals surface area contributed by atoms with Crippen molar-refractivity contribution in [2.24, 2.45) is 0 Å². The second-order valence-electron chi connectivity index (χ2n) is 7.31. The lowest BCUT2D eigenvalue weighted by Gasteiger charge is -2.27. The van der Waals surface area contributed by atoms with E-state index in [4.69, 9.17) is 11.6 Å². The molecule has 0 radical (unpaired) electrons. The molecule has 1 heterocycles. The van der Waals surface area contributed by atoms with Gasteiger partial charge in [-0.05, 0) is 30.2 Å². The van der Waals surface area contributed by atoms with E-state index in [-0.39, 0.29) is 22.8 Å². The fourth-order valence-electron chi connectivity index (χ4n) is 3.51. The topological polar surface area (TPSA) is 122 Å². The maximum absolute atomic E-state index is 13.4. The van der Waals surface area contributed by atoms with Crippen LogP contribution in [0.3, 0.4) is 0 Å². The number of hydrogen-bond donors (Lipinski definition) is 2. The minimum Gasteiger partial charge on any atom is -0.323 e. The van der Waals surface area contributed by atoms with Gasteiger partial charge in [0.1, 0.15) is 17.9 Å². The molecule has 2 aromatic rings. The van der Waals surface area contributed by atoms with Gasteiger partial charge in [-0.1, -0.05) is 43.5 Å². The summed E-state index contributed by atoms with van der Waals surface area (Å²) in [6, 6.07) is 8.00. The van der Waals surface area contributed by atoms with Crippen molar-refractivity contribution < 1.29 is 23.7 Å². The van der Waals surface area contributed by atoms with E-state index in [2.05, 4.69) is 10.6 Å². The predicted octanol–water partition coefficient (Wildman–Crippen LogP) is 3.96. The van der Waals surface area contributed by atoms with Gasteiger partial charge >= 0.3 is 6.03 Å². The Bertz CT molecular complexity index is 1080. The number of halogens is 2. The average molecular weight is 463 g/mol. The summed E-state index contributed by atoms with van der Waals surface area (Å²) in [5.74, 6) is -1.88. The molecule has 1 aliphatic heterocycles. The summed E-state index contributed by atoms with van der Waals surface area (Å²) in [6.07, 6.45) is 1.62. The number of nitro groups is 1. The van der Waals surface area contributed by atoms with Crippen molar-refractivity contribution in [3.05, 3.63) is 69.0 Å². The van der Waals surface area contributed by atoms with Crippen LogP contribution in [0.15, 0.2) is 42.5 Å². The summed E-state index contributed by atoms with van der Waals surface area (Å²) in [7, 11) is 0. The summed E-state index contributed by atoms with van der Waals surface area (Å²) in [5, 5.41) is 16.1. The van der Waals surface area contributed by atoms with Gasteiger partial charge in [0.2, 0.25) is 5.91 Å². The number of carbonyl (C=O) groups excluding carboxylic acids is 3. The van der Waals surface area contributed by atoms with E-state index in [1.807, 2.05) is 6.92 Å². The van der Waals surface area contributed by atoms with Gasteiger partial charge in [-0.2, -0.15) is 0 Å². The summed E-state index contributed by atoms with van der Waals surface area (Å²) >= 11 is 5.99. The van der Waals surface area contributed by atoms with E-state index in [0.29, 0.717) is 12.0 Å². The number of rotatable bonds is 8. The number of non-ortho nitro benzene ring substituents is 1. The second kappa shape index (κ2) is 9.31. The third kappa shape index (κ3) is 4.54. The molecule has 1 atom stereocenters. The number of anilines is 1. The molecule has 0 bridgehead atoms. The van der Waals surface area contributed by atoms with Gasteiger partial charge in [-0.3, -0.25) is 24.6 Å². The zero-order chi connectivity index (χ0) is 23.5. The zero-order valence-electron chi connectivity index (χ0n) is 17.1. The van der Waals surface area contributed by atoms with Gasteiger partial charge in [-0.15, -0.1) is 0 Å². The number of nitrogens with zero attached hydrogens (tertiary/aromatic N) is 2. The lowest BCUT2D eigenvalue weighted by molar-refractivity contribution is -0.384. The van der Waals surface area contributed by atoms with Crippen LogP contribution in [-0.4, -0.2) is 34.2 Å². The van der Waals surface area contributed by atoms with Gasteiger partial charge in [0, 0.05) is 12.1 Å². The first-order valence-corrected chi connectivity index (χ1v) is 10.2. The summed E-state index contributed by atoms with van der Waals surface area (Å²) in [5.41, 5.74) is -1.30. The van der Waals surface area contributed by atoms with E-state index < -0.39 is 40.7 Å². The number of unbranched alkanes of at least 4 members (excludes halogenated alkanes) is 1. The molecule has 1 aliphatic rings. The van der Waals surface area contributed by atoms with Gasteiger partial charge in [-0.25, -0.2) is 9.18 Å². The molecule has 2 N–H and O–H groups in total. The molecule has 1 fully saturated rings. The number of urea groups is 1. The van der Waals surface area contributed by atoms with E-state index in [0.717, 1.165) is 17.4 Å². The minimum absolute atomic E-state index is 0.0197. The van der Waals surface area contributed by atoms with Gasteiger partial charge in [0.15, 0.2) is 0 Å². The molecule has 2 aromatic carbocycles. The van der Waals surface area contributed by atoms with Crippen LogP contribution in [0.5, 0.6) is 0 Å². The number of imide groups is 1. The van der Waals surface area contributed by atoms with Crippen molar-refractivity contribution >= 4 is 40.8 Å². The first-order chi connectivity index (χ1) is 15.2. The maximum Gasteiger partial charge on any atom is 0.325 e. The number of hydrogen-bond acceptors (Lipinski definition) is 5. The Hall–Kier alpha value is -3.53. The van der Waals surface area contributed by atoms with Crippen molar-refractivity contribution in [1.29, 1.82) is 0 Å². The molecule has 1 saturated heterocycles. The van der Waals surface area contributed by atoms with Crippen LogP contribution in [0.1, 0.15) is 31.7 Å². The Morgan fingerprint density at radius 1 is 1.25 bits per heavy atom. The van der Waals surface area contributed by atoms with Crippen molar-refractivity contribution in [2.45, 2.75) is 31.7 Å². The Kier molecular flexibility index (Phi) is 6.73. The average Bonchev–Trinajstić information content (AvgIpc) is 2.99. The molecular formula is C21H20ClFN4O5. The maximum atomic E-state index is 13.4. The first-order valence-electron chi connectivity index (χ1n) is 9.82. The zero-order valence-corrected chi connectivity index (χ0v) is 17.8. The summed E-state index contributed by atoms with van der Waals surface area (Å²) in [6.45, 7) is 1.30. The number of amides is 4. The highest BCUT2D eigenvalue weighted by Gasteiger charge is 2.52. The van der Waals surface area contributed by atoms with Crippen LogP contribution < -0.4 is 10.6 Å². The highest BCUT2D eigenvalue weighted by atomic mass is 35.5. The lowest BCUT2D eigenvalue weighted by atomic mass is 9.85. The molecule has 9 nitrogen and oxygen atoms in total. The Labute approximate surface area is 187 Å². The smallest absolute Gasteiger partial charge is 0.323 e. The summed E-state index contributed by atoms with van der Waals surface area (Å²) in [4.78, 5) is 49.5. The van der Waals surface area contributed by atoms with E-state index in [1.165, 1.54) is 36.4 Å². The van der Waals surface area contributed by atoms with E-state index in [9.17, 15) is 28.9 Å². The summed E-state index contributed by atoms with van der Waals surface area (Å²) < 4.78 is 13.4. The quantitative estimate of drug-likeness (QED) is 0.349. The lowest BCUT2D eigenvalue weighted by Crippen LogP contribution is -2.44. The molecule has 11 heteroatoms. The molecule has 4 amide bonds. The molecule has 0 spiro atoms. The normalized spacial score (nSPS) is 17.9. The Balaban J connectivity index is 1.83. The van der Waals surface area contributed by atoms with Gasteiger partial charge < -0.3 is 10.6 Å². The van der Waals surface area contributed by atoms with E-state index in [1.54, 1.807) is 0 Å². The number of benzene rings is 2. The van der Waals surface area contributed by atoms with Crippen molar-refractivity contribution in [1.82, 2.24) is 10.2 Å². The first kappa shape index (κ1) is 23.1. The van der Waals surface area contributed by atoms with Crippen molar-refractivity contribution in [2.75, 3.05) is 11.9 Å². The van der Waals surface area contributed by atoms with Crippen LogP contribution in [0.4, 0.5) is 20.6 Å². The van der Waals surface area contributed by atoms with Crippen LogP contribution in [0.2, 0.25) is 5.02 Å². The molecule has 168 valence electrons. The molecule has 0 aromatic heterocycles. The standard InChI is InChI=1S/C21H20ClFN4O5/c1-2-3-10-21(13-4-6-14(23)7-5-13)19(29)26(20(30)25-21)12-18(28)24-17-11-15(27(31)32)8-9-16(17)22/h4-9,11H,2-3,10,12H2,1H3,(H,24,28)(H,25,30). The number of nitro benzene ring substituents is 1. The van der Waals surface area contributed by atoms with Crippen LogP contribution in [0.25, 0.3) is 0 Å². The fourth-order valence-corrected chi connectivity index (χ4v) is 3.68. The Morgan fingerprint density at radius 2 is 1.94 bits per heavy atom. The minimum atomic E-state index is -1.41. The monoisotopic (exact) mass is 462 g/mol. The van der Waals surface area contributed by atoms with Crippen LogP contribution in [0, 0.1) is 15.9 Å². The second-order valence-corrected chi connectivity index (χ2v) is 7.71. The highest BCUT2D eigenvalue weighted by molar-refractivity contribution is 6.33. The van der Waals surface area contributed by atoms with Crippen molar-refractivity contribution in [3.8, 4) is 0 Å². The van der Waals surface area contributed by atoms with Crippen LogP contribution >= 0.6 is 11.6 Å². The molecule has 1 unspecified atom stereocenters. The fraction of sp³-hybridized carbons (Fsp3) is 0.286. The van der Waals surface area contributed by atoms with Gasteiger partial charge in [0.05, 0.1) is 15.6 Å². The SMILES string of the molecule is CCCCC1(c2ccc(F)cc2)NC(=O)N(CC(=O)Nc2cc([N+](=O)[O-])ccc2Cl)C1=O. The van der Waals surface area contributed by atoms with Crippen LogP contribution in [-0.2, 0) is 15.1 Å². The highest BCUT2D eigenvalue weighted by Crippen LogP contribution is 2.34. The number of nitrogens with one attached hydrogen (secondary N) is 2. The largest absolute Gasteiger partial charge is 0.325 e. The third-order valence-electron chi connectivity index (χ3n) is 5.15. The molecular weight excluding hydrogens is 443 g/mol. The number of carbonyl (C=O) groups is 3. The van der Waals surface area contributed by atoms with Crippen molar-refractivity contribution in [3.63, 3.8) is 0 Å². The predicted molar refractivity (Wildman–Crippen MR) is 115 cm³/mol. The molecule has 0 aliphatic carbocycles. The molecule has 32 heavy (non-hydrogen) atoms. The Morgan fingerprint density at radius 3 is 2.56 bits per heavy atom. The third-order valence-corrected chi connectivity index (χ3v) is 5.48. The molecule has 0 saturated carbocycles.